The van der Waals surface area contributed by atoms with E-state index in [9.17, 15) is 0 Å². The zero-order valence-electron chi connectivity index (χ0n) is 9.57. The molecule has 2 rings (SSSR count). The average Bonchev–Trinajstić information content (AvgIpc) is 2.33. The normalized spacial score (nSPS) is 10.4. The van der Waals surface area contributed by atoms with Crippen LogP contribution in [0.1, 0.15) is 11.1 Å². The summed E-state index contributed by atoms with van der Waals surface area (Å²) in [6, 6.07) is 6.46. The topological polar surface area (TPSA) is 37.8 Å². The second-order valence-corrected chi connectivity index (χ2v) is 3.81. The summed E-state index contributed by atoms with van der Waals surface area (Å²) < 4.78 is 0. The van der Waals surface area contributed by atoms with Crippen LogP contribution in [0.3, 0.4) is 0 Å². The van der Waals surface area contributed by atoms with Gasteiger partial charge in [0, 0.05) is 24.5 Å². The van der Waals surface area contributed by atoms with Crippen molar-refractivity contribution in [3.05, 3.63) is 48.0 Å². The Bertz CT molecular complexity index is 466. The van der Waals surface area contributed by atoms with Crippen LogP contribution >= 0.6 is 0 Å². The van der Waals surface area contributed by atoms with Gasteiger partial charge in [-0.2, -0.15) is 0 Å². The number of hydrogen-bond acceptors (Lipinski definition) is 3. The van der Waals surface area contributed by atoms with Gasteiger partial charge < -0.3 is 5.32 Å². The molecule has 82 valence electrons. The first-order chi connectivity index (χ1) is 7.81. The summed E-state index contributed by atoms with van der Waals surface area (Å²) in [4.78, 5) is 8.10. The van der Waals surface area contributed by atoms with Gasteiger partial charge in [-0.15, -0.1) is 0 Å². The molecule has 0 spiro atoms. The fraction of sp³-hybridized carbons (Fsp3) is 0.231. The Hall–Kier alpha value is -1.74. The first-order valence-electron chi connectivity index (χ1n) is 5.31. The maximum atomic E-state index is 4.05. The van der Waals surface area contributed by atoms with E-state index in [1.165, 1.54) is 16.7 Å². The van der Waals surface area contributed by atoms with Gasteiger partial charge >= 0.3 is 0 Å². The molecule has 0 atom stereocenters. The van der Waals surface area contributed by atoms with Crippen molar-refractivity contribution >= 4 is 0 Å². The second-order valence-electron chi connectivity index (χ2n) is 3.81. The molecule has 0 radical (unpaired) electrons. The second kappa shape index (κ2) is 4.86. The van der Waals surface area contributed by atoms with Gasteiger partial charge in [-0.05, 0) is 36.7 Å². The standard InChI is InChI=1S/C13H15N3/c1-10-3-4-11(6-14-2)5-13(10)12-7-15-9-16-8-12/h3-5,7-9,14H,6H2,1-2H3. The summed E-state index contributed by atoms with van der Waals surface area (Å²) in [7, 11) is 1.95. The summed E-state index contributed by atoms with van der Waals surface area (Å²) in [6.45, 7) is 2.98. The van der Waals surface area contributed by atoms with Crippen molar-refractivity contribution in [2.45, 2.75) is 13.5 Å². The molecule has 0 unspecified atom stereocenters. The van der Waals surface area contributed by atoms with E-state index in [1.807, 2.05) is 19.4 Å². The van der Waals surface area contributed by atoms with Crippen LogP contribution in [0.2, 0.25) is 0 Å². The van der Waals surface area contributed by atoms with E-state index in [-0.39, 0.29) is 0 Å². The van der Waals surface area contributed by atoms with E-state index < -0.39 is 0 Å². The van der Waals surface area contributed by atoms with Crippen molar-refractivity contribution in [2.75, 3.05) is 7.05 Å². The molecule has 0 amide bonds. The fourth-order valence-electron chi connectivity index (χ4n) is 1.73. The zero-order valence-corrected chi connectivity index (χ0v) is 9.57. The van der Waals surface area contributed by atoms with Gasteiger partial charge in [-0.1, -0.05) is 12.1 Å². The van der Waals surface area contributed by atoms with E-state index in [0.717, 1.165) is 12.1 Å². The molecule has 0 saturated carbocycles. The van der Waals surface area contributed by atoms with Gasteiger partial charge in [-0.3, -0.25) is 0 Å². The van der Waals surface area contributed by atoms with E-state index in [4.69, 9.17) is 0 Å². The largest absolute Gasteiger partial charge is 0.316 e. The summed E-state index contributed by atoms with van der Waals surface area (Å²) in [5, 5.41) is 3.15. The Balaban J connectivity index is 2.43. The summed E-state index contributed by atoms with van der Waals surface area (Å²) in [5.41, 5.74) is 4.79. The number of nitrogens with one attached hydrogen (secondary N) is 1. The number of benzene rings is 1. The minimum atomic E-state index is 0.876. The van der Waals surface area contributed by atoms with Gasteiger partial charge in [0.05, 0.1) is 0 Å². The van der Waals surface area contributed by atoms with Gasteiger partial charge in [-0.25, -0.2) is 9.97 Å². The minimum Gasteiger partial charge on any atom is -0.316 e. The van der Waals surface area contributed by atoms with E-state index >= 15 is 0 Å². The lowest BCUT2D eigenvalue weighted by Gasteiger charge is -2.08. The highest BCUT2D eigenvalue weighted by molar-refractivity contribution is 5.66. The van der Waals surface area contributed by atoms with Crippen LogP contribution < -0.4 is 5.32 Å². The molecule has 0 fully saturated rings. The van der Waals surface area contributed by atoms with Crippen molar-refractivity contribution in [3.63, 3.8) is 0 Å². The molecule has 3 heteroatoms. The summed E-state index contributed by atoms with van der Waals surface area (Å²) in [5.74, 6) is 0. The Morgan fingerprint density at radius 1 is 1.19 bits per heavy atom. The molecule has 0 aliphatic heterocycles. The molecule has 0 aliphatic carbocycles. The van der Waals surface area contributed by atoms with Crippen molar-refractivity contribution in [1.29, 1.82) is 0 Å². The molecule has 16 heavy (non-hydrogen) atoms. The van der Waals surface area contributed by atoms with Crippen molar-refractivity contribution < 1.29 is 0 Å². The lowest BCUT2D eigenvalue weighted by molar-refractivity contribution is 0.818. The zero-order chi connectivity index (χ0) is 11.4. The Morgan fingerprint density at radius 3 is 2.62 bits per heavy atom. The van der Waals surface area contributed by atoms with Crippen LogP contribution in [0.15, 0.2) is 36.9 Å². The van der Waals surface area contributed by atoms with Crippen LogP contribution in [0, 0.1) is 6.92 Å². The first-order valence-corrected chi connectivity index (χ1v) is 5.31. The number of hydrogen-bond donors (Lipinski definition) is 1. The highest BCUT2D eigenvalue weighted by atomic mass is 14.8. The highest BCUT2D eigenvalue weighted by Gasteiger charge is 2.03. The predicted molar refractivity (Wildman–Crippen MR) is 65.0 cm³/mol. The predicted octanol–water partition coefficient (Wildman–Crippen LogP) is 2.17. The van der Waals surface area contributed by atoms with Crippen LogP contribution in [0.25, 0.3) is 11.1 Å². The smallest absolute Gasteiger partial charge is 0.115 e. The molecule has 2 aromatic rings. The lowest BCUT2D eigenvalue weighted by Crippen LogP contribution is -2.05. The Labute approximate surface area is 95.6 Å². The molecule has 0 saturated heterocycles. The van der Waals surface area contributed by atoms with Gasteiger partial charge in [0.1, 0.15) is 6.33 Å². The van der Waals surface area contributed by atoms with Crippen LogP contribution in [-0.2, 0) is 6.54 Å². The number of aromatic nitrogens is 2. The monoisotopic (exact) mass is 213 g/mol. The van der Waals surface area contributed by atoms with Crippen molar-refractivity contribution in [2.24, 2.45) is 0 Å². The number of rotatable bonds is 3. The highest BCUT2D eigenvalue weighted by Crippen LogP contribution is 2.23. The quantitative estimate of drug-likeness (QED) is 0.849. The van der Waals surface area contributed by atoms with Crippen molar-refractivity contribution in [1.82, 2.24) is 15.3 Å². The molecule has 1 aromatic carbocycles. The average molecular weight is 213 g/mol. The molecule has 3 nitrogen and oxygen atoms in total. The maximum absolute atomic E-state index is 4.05. The SMILES string of the molecule is CNCc1ccc(C)c(-c2cncnc2)c1. The van der Waals surface area contributed by atoms with Gasteiger partial charge in [0.15, 0.2) is 0 Å². The van der Waals surface area contributed by atoms with Gasteiger partial charge in [0.2, 0.25) is 0 Å². The Morgan fingerprint density at radius 2 is 1.94 bits per heavy atom. The van der Waals surface area contributed by atoms with Crippen LogP contribution in [-0.4, -0.2) is 17.0 Å². The Kier molecular flexibility index (Phi) is 3.27. The molecule has 0 bridgehead atoms. The summed E-state index contributed by atoms with van der Waals surface area (Å²) >= 11 is 0. The minimum absolute atomic E-state index is 0.876. The molecular weight excluding hydrogens is 198 g/mol. The maximum Gasteiger partial charge on any atom is 0.115 e. The van der Waals surface area contributed by atoms with E-state index in [0.29, 0.717) is 0 Å². The van der Waals surface area contributed by atoms with Crippen LogP contribution in [0.4, 0.5) is 0 Å². The fourth-order valence-corrected chi connectivity index (χ4v) is 1.73. The van der Waals surface area contributed by atoms with E-state index in [2.05, 4.69) is 40.4 Å². The van der Waals surface area contributed by atoms with Gasteiger partial charge in [0.25, 0.3) is 0 Å². The lowest BCUT2D eigenvalue weighted by atomic mass is 10.0. The van der Waals surface area contributed by atoms with Crippen LogP contribution in [0.5, 0.6) is 0 Å². The summed E-state index contributed by atoms with van der Waals surface area (Å²) in [6.07, 6.45) is 5.24. The number of nitrogens with zero attached hydrogens (tertiary/aromatic N) is 2. The third kappa shape index (κ3) is 2.25. The number of aryl methyl sites for hydroxylation is 1. The first kappa shape index (κ1) is 10.8. The molecule has 0 aliphatic rings. The van der Waals surface area contributed by atoms with E-state index in [1.54, 1.807) is 6.33 Å². The third-order valence-electron chi connectivity index (χ3n) is 2.55. The molecule has 1 heterocycles. The third-order valence-corrected chi connectivity index (χ3v) is 2.55. The molecule has 1 aromatic heterocycles. The van der Waals surface area contributed by atoms with Crippen molar-refractivity contribution in [3.8, 4) is 11.1 Å². The molecular formula is C13H15N3. The molecule has 1 N–H and O–H groups in total.